The highest BCUT2D eigenvalue weighted by Gasteiger charge is 2.31. The number of carbonyl (C=O) groups excluding carboxylic acids is 1. The Kier molecular flexibility index (Phi) is 5.61. The van der Waals surface area contributed by atoms with Gasteiger partial charge in [-0.2, -0.15) is 13.2 Å². The predicted octanol–water partition coefficient (Wildman–Crippen LogP) is 5.05. The van der Waals surface area contributed by atoms with Crippen LogP contribution in [0.25, 0.3) is 0 Å². The molecule has 6 nitrogen and oxygen atoms in total. The summed E-state index contributed by atoms with van der Waals surface area (Å²) in [6, 6.07) is 4.22. The van der Waals surface area contributed by atoms with Crippen LogP contribution in [0.5, 0.6) is 0 Å². The van der Waals surface area contributed by atoms with Gasteiger partial charge in [0.1, 0.15) is 6.26 Å². The van der Waals surface area contributed by atoms with E-state index in [4.69, 9.17) is 4.42 Å². The molecule has 158 valence electrons. The number of amides is 1. The van der Waals surface area contributed by atoms with Gasteiger partial charge in [-0.15, -0.1) is 11.3 Å². The Labute approximate surface area is 174 Å². The maximum absolute atomic E-state index is 12.7. The average molecular weight is 436 g/mol. The summed E-state index contributed by atoms with van der Waals surface area (Å²) in [5.41, 5.74) is 1.08. The van der Waals surface area contributed by atoms with Crippen molar-refractivity contribution in [2.75, 3.05) is 11.9 Å². The van der Waals surface area contributed by atoms with Gasteiger partial charge < -0.3 is 4.42 Å². The monoisotopic (exact) mass is 436 g/mol. The predicted molar refractivity (Wildman–Crippen MR) is 105 cm³/mol. The van der Waals surface area contributed by atoms with Gasteiger partial charge in [-0.1, -0.05) is 0 Å². The third kappa shape index (κ3) is 4.54. The number of likely N-dealkylation sites (tertiary alicyclic amines) is 1. The summed E-state index contributed by atoms with van der Waals surface area (Å²) in [6.07, 6.45) is -0.794. The number of anilines is 1. The summed E-state index contributed by atoms with van der Waals surface area (Å²) in [5, 5.41) is 4.99. The molecule has 0 saturated carbocycles. The van der Waals surface area contributed by atoms with Crippen LogP contribution in [0.15, 0.2) is 40.3 Å². The molecule has 3 aromatic rings. The number of aryl methyl sites for hydroxylation is 1. The number of rotatable bonds is 5. The first kappa shape index (κ1) is 20.5. The van der Waals surface area contributed by atoms with E-state index in [1.54, 1.807) is 13.2 Å². The van der Waals surface area contributed by atoms with E-state index >= 15 is 0 Å². The van der Waals surface area contributed by atoms with E-state index in [1.807, 2.05) is 5.38 Å². The first-order valence-electron chi connectivity index (χ1n) is 9.38. The van der Waals surface area contributed by atoms with Crippen LogP contribution in [-0.2, 0) is 12.7 Å². The molecule has 0 aliphatic carbocycles. The lowest BCUT2D eigenvalue weighted by Crippen LogP contribution is -2.23. The van der Waals surface area contributed by atoms with Crippen molar-refractivity contribution >= 4 is 22.4 Å². The van der Waals surface area contributed by atoms with Gasteiger partial charge in [0.15, 0.2) is 11.0 Å². The highest BCUT2D eigenvalue weighted by molar-refractivity contribution is 7.14. The van der Waals surface area contributed by atoms with Crippen LogP contribution in [0.3, 0.4) is 0 Å². The molecule has 10 heteroatoms. The third-order valence-electron chi connectivity index (χ3n) is 4.95. The number of nitrogens with zero attached hydrogens (tertiary/aromatic N) is 3. The number of aromatic nitrogens is 2. The van der Waals surface area contributed by atoms with Crippen LogP contribution in [0, 0.1) is 6.92 Å². The van der Waals surface area contributed by atoms with Gasteiger partial charge in [0.2, 0.25) is 0 Å². The molecule has 4 rings (SSSR count). The maximum Gasteiger partial charge on any atom is 0.416 e. The van der Waals surface area contributed by atoms with Crippen LogP contribution in [0.4, 0.5) is 18.3 Å². The number of nitrogens with one attached hydrogen (secondary N) is 1. The van der Waals surface area contributed by atoms with E-state index in [1.165, 1.54) is 11.3 Å². The van der Waals surface area contributed by atoms with Crippen molar-refractivity contribution in [3.8, 4) is 0 Å². The number of alkyl halides is 3. The molecule has 0 radical (unpaired) electrons. The third-order valence-corrected chi connectivity index (χ3v) is 5.73. The zero-order valence-corrected chi connectivity index (χ0v) is 16.9. The molecule has 3 heterocycles. The van der Waals surface area contributed by atoms with E-state index < -0.39 is 17.6 Å². The first-order valence-corrected chi connectivity index (χ1v) is 10.3. The van der Waals surface area contributed by atoms with Crippen molar-refractivity contribution < 1.29 is 22.4 Å². The van der Waals surface area contributed by atoms with Crippen molar-refractivity contribution in [3.05, 3.63) is 64.3 Å². The molecule has 1 aromatic carbocycles. The molecular weight excluding hydrogens is 417 g/mol. The van der Waals surface area contributed by atoms with Gasteiger partial charge in [-0.05, 0) is 43.7 Å². The van der Waals surface area contributed by atoms with Crippen LogP contribution in [0.2, 0.25) is 0 Å². The molecule has 0 unspecified atom stereocenters. The smallest absolute Gasteiger partial charge is 0.416 e. The molecule has 1 fully saturated rings. The molecule has 1 saturated heterocycles. The number of carbonyl (C=O) groups is 1. The summed E-state index contributed by atoms with van der Waals surface area (Å²) in [5.74, 6) is 0.133. The van der Waals surface area contributed by atoms with Crippen molar-refractivity contribution in [2.24, 2.45) is 0 Å². The highest BCUT2D eigenvalue weighted by Crippen LogP contribution is 2.35. The normalized spacial score (nSPS) is 17.4. The van der Waals surface area contributed by atoms with Crippen molar-refractivity contribution in [2.45, 2.75) is 38.5 Å². The van der Waals surface area contributed by atoms with Gasteiger partial charge >= 0.3 is 6.18 Å². The quantitative estimate of drug-likeness (QED) is 0.606. The number of thiazole rings is 1. The standard InChI is InChI=1S/C20H19F3N4O2S/c1-12-24-15(10-29-12)9-27-8-2-3-17(27)16-11-30-19(25-16)26-18(28)13-4-6-14(7-5-13)20(21,22)23/h4-7,10-11,17H,2-3,8-9H2,1H3,(H,25,26,28)/t17-/m1/s1. The lowest BCUT2D eigenvalue weighted by Gasteiger charge is -2.21. The van der Waals surface area contributed by atoms with Gasteiger partial charge in [-0.3, -0.25) is 15.0 Å². The number of benzene rings is 1. The van der Waals surface area contributed by atoms with Gasteiger partial charge in [0, 0.05) is 24.4 Å². The summed E-state index contributed by atoms with van der Waals surface area (Å²) < 4.78 is 43.3. The van der Waals surface area contributed by atoms with Crippen LogP contribution < -0.4 is 5.32 Å². The minimum absolute atomic E-state index is 0.120. The molecule has 2 aromatic heterocycles. The zero-order chi connectivity index (χ0) is 21.3. The van der Waals surface area contributed by atoms with Crippen LogP contribution in [0.1, 0.15) is 52.1 Å². The molecule has 30 heavy (non-hydrogen) atoms. The fourth-order valence-corrected chi connectivity index (χ4v) is 4.27. The average Bonchev–Trinajstić information content (AvgIpc) is 3.43. The second-order valence-corrected chi connectivity index (χ2v) is 7.95. The maximum atomic E-state index is 12.7. The minimum Gasteiger partial charge on any atom is -0.449 e. The lowest BCUT2D eigenvalue weighted by molar-refractivity contribution is -0.137. The van der Waals surface area contributed by atoms with E-state index in [0.29, 0.717) is 17.6 Å². The highest BCUT2D eigenvalue weighted by atomic mass is 32.1. The largest absolute Gasteiger partial charge is 0.449 e. The second kappa shape index (κ2) is 8.19. The molecular formula is C20H19F3N4O2S. The molecule has 0 spiro atoms. The van der Waals surface area contributed by atoms with E-state index in [-0.39, 0.29) is 11.6 Å². The Balaban J connectivity index is 1.41. The summed E-state index contributed by atoms with van der Waals surface area (Å²) >= 11 is 1.30. The SMILES string of the molecule is Cc1nc(CN2CCC[C@@H]2c2csc(NC(=O)c3ccc(C(F)(F)F)cc3)n2)co1. The van der Waals surface area contributed by atoms with Crippen molar-refractivity contribution in [1.29, 1.82) is 0 Å². The second-order valence-electron chi connectivity index (χ2n) is 7.09. The van der Waals surface area contributed by atoms with Crippen molar-refractivity contribution in [3.63, 3.8) is 0 Å². The summed E-state index contributed by atoms with van der Waals surface area (Å²) in [6.45, 7) is 3.38. The van der Waals surface area contributed by atoms with E-state index in [2.05, 4.69) is 20.2 Å². The molecule has 1 N–H and O–H groups in total. The fraction of sp³-hybridized carbons (Fsp3) is 0.350. The molecule has 1 atom stereocenters. The molecule has 0 bridgehead atoms. The fourth-order valence-electron chi connectivity index (χ4n) is 3.52. The Morgan fingerprint density at radius 3 is 2.73 bits per heavy atom. The zero-order valence-electron chi connectivity index (χ0n) is 16.1. The van der Waals surface area contributed by atoms with Gasteiger partial charge in [-0.25, -0.2) is 9.97 Å². The Hall–Kier alpha value is -2.72. The number of oxazole rings is 1. The van der Waals surface area contributed by atoms with Crippen molar-refractivity contribution in [1.82, 2.24) is 14.9 Å². The summed E-state index contributed by atoms with van der Waals surface area (Å²) in [4.78, 5) is 23.5. The first-order chi connectivity index (χ1) is 14.3. The number of halogens is 3. The lowest BCUT2D eigenvalue weighted by atomic mass is 10.1. The Morgan fingerprint density at radius 2 is 2.07 bits per heavy atom. The molecule has 1 aliphatic heterocycles. The van der Waals surface area contributed by atoms with Gasteiger partial charge in [0.05, 0.1) is 23.0 Å². The number of hydrogen-bond donors (Lipinski definition) is 1. The summed E-state index contributed by atoms with van der Waals surface area (Å²) in [7, 11) is 0. The van der Waals surface area contributed by atoms with Crippen LogP contribution in [-0.4, -0.2) is 27.3 Å². The number of hydrogen-bond acceptors (Lipinski definition) is 6. The minimum atomic E-state index is -4.43. The van der Waals surface area contributed by atoms with Gasteiger partial charge in [0.25, 0.3) is 5.91 Å². The van der Waals surface area contributed by atoms with E-state index in [0.717, 1.165) is 55.0 Å². The molecule has 1 aliphatic rings. The van der Waals surface area contributed by atoms with E-state index in [9.17, 15) is 18.0 Å². The van der Waals surface area contributed by atoms with Crippen LogP contribution >= 0.6 is 11.3 Å². The topological polar surface area (TPSA) is 71.3 Å². The Morgan fingerprint density at radius 1 is 1.30 bits per heavy atom. The molecule has 1 amide bonds. The Bertz CT molecular complexity index is 1030.